The van der Waals surface area contributed by atoms with Gasteiger partial charge in [-0.1, -0.05) is 12.1 Å². The molecule has 0 saturated carbocycles. The van der Waals surface area contributed by atoms with Gasteiger partial charge in [-0.15, -0.1) is 11.3 Å². The molecule has 3 heterocycles. The van der Waals surface area contributed by atoms with Gasteiger partial charge in [0.15, 0.2) is 17.3 Å². The molecule has 0 spiro atoms. The molecule has 1 aromatic carbocycles. The molecule has 1 aliphatic rings. The van der Waals surface area contributed by atoms with Crippen LogP contribution in [0, 0.1) is 0 Å². The molecule has 4 rings (SSSR count). The molecule has 0 unspecified atom stereocenters. The van der Waals surface area contributed by atoms with Crippen molar-refractivity contribution < 1.29 is 23.5 Å². The number of furan rings is 1. The number of hydrogen-bond acceptors (Lipinski definition) is 6. The fraction of sp³-hybridized carbons (Fsp3) is 0.238. The summed E-state index contributed by atoms with van der Waals surface area (Å²) in [6, 6.07) is 12.4. The average molecular weight is 412 g/mol. The fourth-order valence-corrected chi connectivity index (χ4v) is 3.92. The van der Waals surface area contributed by atoms with Gasteiger partial charge in [-0.05, 0) is 37.3 Å². The van der Waals surface area contributed by atoms with Crippen LogP contribution >= 0.6 is 11.3 Å². The van der Waals surface area contributed by atoms with Gasteiger partial charge in [0.05, 0.1) is 16.1 Å². The van der Waals surface area contributed by atoms with E-state index >= 15 is 0 Å². The molecule has 1 aliphatic heterocycles. The number of nitrogens with zero attached hydrogens (tertiary/aromatic N) is 1. The number of benzene rings is 1. The van der Waals surface area contributed by atoms with Crippen molar-refractivity contribution in [3.05, 3.63) is 64.9 Å². The summed E-state index contributed by atoms with van der Waals surface area (Å²) in [5, 5.41) is 3.33. The molecule has 29 heavy (non-hydrogen) atoms. The van der Waals surface area contributed by atoms with Crippen LogP contribution in [0.3, 0.4) is 0 Å². The second kappa shape index (κ2) is 8.40. The number of hydrogen-bond donors (Lipinski definition) is 1. The number of thiophene rings is 1. The Balaban J connectivity index is 1.47. The van der Waals surface area contributed by atoms with E-state index in [0.717, 1.165) is 5.56 Å². The molecular weight excluding hydrogens is 392 g/mol. The van der Waals surface area contributed by atoms with E-state index in [-0.39, 0.29) is 17.6 Å². The molecule has 0 radical (unpaired) electrons. The van der Waals surface area contributed by atoms with Gasteiger partial charge in [-0.3, -0.25) is 9.59 Å². The fourth-order valence-electron chi connectivity index (χ4n) is 3.05. The van der Waals surface area contributed by atoms with Crippen molar-refractivity contribution >= 4 is 28.2 Å². The lowest BCUT2D eigenvalue weighted by atomic mass is 10.1. The molecule has 7 nitrogen and oxygen atoms in total. The van der Waals surface area contributed by atoms with Crippen molar-refractivity contribution in [2.75, 3.05) is 25.1 Å². The summed E-state index contributed by atoms with van der Waals surface area (Å²) in [7, 11) is 0. The smallest absolute Gasteiger partial charge is 0.291 e. The van der Waals surface area contributed by atoms with Crippen LogP contribution in [0.4, 0.5) is 5.00 Å². The molecule has 0 saturated heterocycles. The highest BCUT2D eigenvalue weighted by molar-refractivity contribution is 7.18. The summed E-state index contributed by atoms with van der Waals surface area (Å²) in [5.41, 5.74) is 0.903. The van der Waals surface area contributed by atoms with Crippen LogP contribution < -0.4 is 14.8 Å². The van der Waals surface area contributed by atoms with Gasteiger partial charge < -0.3 is 24.1 Å². The van der Waals surface area contributed by atoms with Crippen molar-refractivity contribution in [2.45, 2.75) is 13.5 Å². The minimum absolute atomic E-state index is 0.106. The average Bonchev–Trinajstić information content (AvgIpc) is 3.44. The standard InChI is InChI=1S/C21H20N2O5S/c1-2-23(13-14-5-3-6-15-19(14)28-12-11-27-15)21(25)17-8-9-18(29-17)22-20(24)16-7-4-10-26-16/h3-10H,2,11-13H2,1H3,(H,22,24). The van der Waals surface area contributed by atoms with E-state index in [1.165, 1.54) is 17.6 Å². The highest BCUT2D eigenvalue weighted by Gasteiger charge is 2.22. The molecule has 8 heteroatoms. The number of anilines is 1. The zero-order valence-electron chi connectivity index (χ0n) is 15.8. The molecule has 0 aliphatic carbocycles. The quantitative estimate of drug-likeness (QED) is 0.661. The molecule has 0 bridgehead atoms. The Bertz CT molecular complexity index is 1010. The van der Waals surface area contributed by atoms with Crippen LogP contribution in [0.2, 0.25) is 0 Å². The maximum absolute atomic E-state index is 13.0. The number of amides is 2. The Morgan fingerprint density at radius 2 is 1.97 bits per heavy atom. The van der Waals surface area contributed by atoms with Crippen LogP contribution in [0.25, 0.3) is 0 Å². The van der Waals surface area contributed by atoms with Crippen LogP contribution in [0.15, 0.2) is 53.1 Å². The van der Waals surface area contributed by atoms with E-state index < -0.39 is 0 Å². The number of para-hydroxylation sites is 1. The minimum atomic E-state index is -0.351. The summed E-state index contributed by atoms with van der Waals surface area (Å²) >= 11 is 1.23. The van der Waals surface area contributed by atoms with E-state index in [0.29, 0.717) is 47.7 Å². The summed E-state index contributed by atoms with van der Waals surface area (Å²) in [4.78, 5) is 27.4. The first-order valence-corrected chi connectivity index (χ1v) is 10.1. The summed E-state index contributed by atoms with van der Waals surface area (Å²) in [6.45, 7) is 3.89. The molecule has 2 aromatic heterocycles. The first-order chi connectivity index (χ1) is 14.2. The van der Waals surface area contributed by atoms with Crippen LogP contribution in [-0.4, -0.2) is 36.5 Å². The number of nitrogens with one attached hydrogen (secondary N) is 1. The number of fused-ring (bicyclic) bond motifs is 1. The summed E-state index contributed by atoms with van der Waals surface area (Å²) < 4.78 is 16.5. The maximum atomic E-state index is 13.0. The van der Waals surface area contributed by atoms with Crippen LogP contribution in [-0.2, 0) is 6.54 Å². The Labute approximate surface area is 171 Å². The van der Waals surface area contributed by atoms with Crippen LogP contribution in [0.5, 0.6) is 11.5 Å². The monoisotopic (exact) mass is 412 g/mol. The molecular formula is C21H20N2O5S. The molecule has 0 fully saturated rings. The largest absolute Gasteiger partial charge is 0.486 e. The third-order valence-corrected chi connectivity index (χ3v) is 5.47. The van der Waals surface area contributed by atoms with E-state index in [4.69, 9.17) is 13.9 Å². The Hall–Kier alpha value is -3.26. The predicted molar refractivity (Wildman–Crippen MR) is 109 cm³/mol. The van der Waals surface area contributed by atoms with Crippen molar-refractivity contribution in [1.29, 1.82) is 0 Å². The van der Waals surface area contributed by atoms with Gasteiger partial charge in [0, 0.05) is 18.7 Å². The van der Waals surface area contributed by atoms with Gasteiger partial charge >= 0.3 is 0 Å². The van der Waals surface area contributed by atoms with E-state index in [9.17, 15) is 9.59 Å². The lowest BCUT2D eigenvalue weighted by Gasteiger charge is -2.25. The highest BCUT2D eigenvalue weighted by atomic mass is 32.1. The third-order valence-electron chi connectivity index (χ3n) is 4.48. The normalized spacial score (nSPS) is 12.4. The Morgan fingerprint density at radius 3 is 2.76 bits per heavy atom. The molecule has 2 amide bonds. The van der Waals surface area contributed by atoms with E-state index in [1.807, 2.05) is 25.1 Å². The van der Waals surface area contributed by atoms with Gasteiger partial charge in [0.1, 0.15) is 13.2 Å². The molecule has 1 N–H and O–H groups in total. The lowest BCUT2D eigenvalue weighted by Crippen LogP contribution is -2.30. The predicted octanol–water partition coefficient (Wildman–Crippen LogP) is 4.03. The molecule has 3 aromatic rings. The van der Waals surface area contributed by atoms with Crippen molar-refractivity contribution in [3.63, 3.8) is 0 Å². The zero-order chi connectivity index (χ0) is 20.2. The van der Waals surface area contributed by atoms with E-state index in [2.05, 4.69) is 5.32 Å². The zero-order valence-corrected chi connectivity index (χ0v) is 16.7. The second-order valence-electron chi connectivity index (χ2n) is 6.36. The van der Waals surface area contributed by atoms with Crippen molar-refractivity contribution in [2.24, 2.45) is 0 Å². The third kappa shape index (κ3) is 4.12. The Morgan fingerprint density at radius 1 is 1.10 bits per heavy atom. The number of carbonyl (C=O) groups is 2. The first-order valence-electron chi connectivity index (χ1n) is 9.27. The summed E-state index contributed by atoms with van der Waals surface area (Å²) in [6.07, 6.45) is 1.44. The van der Waals surface area contributed by atoms with Gasteiger partial charge in [0.2, 0.25) is 0 Å². The Kier molecular flexibility index (Phi) is 5.53. The SMILES string of the molecule is CCN(Cc1cccc2c1OCCO2)C(=O)c1ccc(NC(=O)c2ccco2)s1. The lowest BCUT2D eigenvalue weighted by molar-refractivity contribution is 0.0753. The van der Waals surface area contributed by atoms with Crippen molar-refractivity contribution in [3.8, 4) is 11.5 Å². The van der Waals surface area contributed by atoms with Gasteiger partial charge in [-0.2, -0.15) is 0 Å². The van der Waals surface area contributed by atoms with E-state index in [1.54, 1.807) is 29.2 Å². The first kappa shape index (κ1) is 19.1. The van der Waals surface area contributed by atoms with Gasteiger partial charge in [0.25, 0.3) is 11.8 Å². The summed E-state index contributed by atoms with van der Waals surface area (Å²) in [5.74, 6) is 1.16. The second-order valence-corrected chi connectivity index (χ2v) is 7.44. The molecule has 150 valence electrons. The number of rotatable bonds is 6. The van der Waals surface area contributed by atoms with Gasteiger partial charge in [-0.25, -0.2) is 0 Å². The maximum Gasteiger partial charge on any atom is 0.291 e. The van der Waals surface area contributed by atoms with Crippen molar-refractivity contribution in [1.82, 2.24) is 4.90 Å². The minimum Gasteiger partial charge on any atom is -0.486 e. The topological polar surface area (TPSA) is 81.0 Å². The number of ether oxygens (including phenoxy) is 2. The number of carbonyl (C=O) groups excluding carboxylic acids is 2. The van der Waals surface area contributed by atoms with Crippen LogP contribution in [0.1, 0.15) is 32.7 Å². The molecule has 0 atom stereocenters. The highest BCUT2D eigenvalue weighted by Crippen LogP contribution is 2.34.